The molecule has 0 saturated carbocycles. The van der Waals surface area contributed by atoms with Crippen molar-refractivity contribution in [3.8, 4) is 0 Å². The Morgan fingerprint density at radius 3 is 1.42 bits per heavy atom. The fourth-order valence-electron chi connectivity index (χ4n) is 6.61. The normalized spacial score (nSPS) is 14.8. The molecule has 0 bridgehead atoms. The van der Waals surface area contributed by atoms with E-state index in [1.807, 2.05) is 27.2 Å². The van der Waals surface area contributed by atoms with Crippen molar-refractivity contribution in [3.63, 3.8) is 0 Å². The molecule has 0 spiro atoms. The maximum Gasteiger partial charge on any atom is 0.268 e. The zero-order valence-corrected chi connectivity index (χ0v) is 39.8. The van der Waals surface area contributed by atoms with Crippen molar-refractivity contribution in [2.45, 2.75) is 212 Å². The van der Waals surface area contributed by atoms with Gasteiger partial charge in [-0.05, 0) is 57.8 Å². The second-order valence-electron chi connectivity index (χ2n) is 17.5. The van der Waals surface area contributed by atoms with Crippen LogP contribution >= 0.6 is 7.82 Å². The number of aliphatic hydroxyl groups excluding tert-OH is 1. The van der Waals surface area contributed by atoms with E-state index in [9.17, 15) is 19.4 Å². The molecule has 0 aromatic rings. The Kier molecular flexibility index (Phi) is 40.3. The summed E-state index contributed by atoms with van der Waals surface area (Å²) in [6, 6.07) is -0.917. The van der Waals surface area contributed by atoms with E-state index >= 15 is 0 Å². The van der Waals surface area contributed by atoms with Crippen molar-refractivity contribution in [1.82, 2.24) is 5.32 Å². The topological polar surface area (TPSA) is 108 Å². The van der Waals surface area contributed by atoms with Crippen LogP contribution in [0, 0.1) is 0 Å². The van der Waals surface area contributed by atoms with Crippen molar-refractivity contribution < 1.29 is 32.9 Å². The van der Waals surface area contributed by atoms with Crippen molar-refractivity contribution in [2.75, 3.05) is 40.9 Å². The number of likely N-dealkylation sites (N-methyl/N-ethyl adjacent to an activating group) is 1. The molecule has 0 radical (unpaired) electrons. The van der Waals surface area contributed by atoms with Crippen molar-refractivity contribution in [1.29, 1.82) is 0 Å². The molecule has 3 atom stereocenters. The van der Waals surface area contributed by atoms with Crippen molar-refractivity contribution in [3.05, 3.63) is 60.8 Å². The summed E-state index contributed by atoms with van der Waals surface area (Å²) >= 11 is 0. The quantitative estimate of drug-likeness (QED) is 0.0274. The lowest BCUT2D eigenvalue weighted by Crippen LogP contribution is -2.45. The third kappa shape index (κ3) is 44.1. The minimum atomic E-state index is -4.61. The number of phosphoric acid groups is 1. The van der Waals surface area contributed by atoms with Crippen LogP contribution in [0.3, 0.4) is 0 Å². The number of hydrogen-bond acceptors (Lipinski definition) is 6. The molecule has 0 aromatic heterocycles. The summed E-state index contributed by atoms with van der Waals surface area (Å²) in [5.41, 5.74) is 0. The van der Waals surface area contributed by atoms with Crippen LogP contribution in [0.25, 0.3) is 0 Å². The maximum atomic E-state index is 12.9. The van der Waals surface area contributed by atoms with Gasteiger partial charge >= 0.3 is 0 Å². The van der Waals surface area contributed by atoms with Crippen LogP contribution in [0.1, 0.15) is 200 Å². The predicted molar refractivity (Wildman–Crippen MR) is 251 cm³/mol. The summed E-state index contributed by atoms with van der Waals surface area (Å²) in [4.78, 5) is 25.3. The molecule has 59 heavy (non-hydrogen) atoms. The highest BCUT2D eigenvalue weighted by Crippen LogP contribution is 2.38. The van der Waals surface area contributed by atoms with Gasteiger partial charge in [0, 0.05) is 6.42 Å². The first-order chi connectivity index (χ1) is 28.5. The predicted octanol–water partition coefficient (Wildman–Crippen LogP) is 13.2. The minimum Gasteiger partial charge on any atom is -0.756 e. The summed E-state index contributed by atoms with van der Waals surface area (Å²) in [7, 11) is 1.22. The first-order valence-corrected chi connectivity index (χ1v) is 25.6. The summed E-state index contributed by atoms with van der Waals surface area (Å²) in [6.07, 6.45) is 54.2. The number of unbranched alkanes of at least 4 members (excludes halogenated alkanes) is 22. The number of amides is 1. The van der Waals surface area contributed by atoms with Gasteiger partial charge < -0.3 is 28.8 Å². The third-order valence-corrected chi connectivity index (χ3v) is 11.4. The van der Waals surface area contributed by atoms with E-state index in [-0.39, 0.29) is 18.9 Å². The van der Waals surface area contributed by atoms with Crippen LogP contribution < -0.4 is 10.2 Å². The van der Waals surface area contributed by atoms with Crippen LogP contribution in [0.4, 0.5) is 0 Å². The number of carbonyl (C=O) groups is 1. The number of hydrogen-bond donors (Lipinski definition) is 2. The van der Waals surface area contributed by atoms with Gasteiger partial charge in [0.1, 0.15) is 13.2 Å². The van der Waals surface area contributed by atoms with Gasteiger partial charge in [-0.15, -0.1) is 0 Å². The van der Waals surface area contributed by atoms with Gasteiger partial charge in [-0.2, -0.15) is 0 Å². The molecule has 9 heteroatoms. The van der Waals surface area contributed by atoms with Crippen LogP contribution in [0.15, 0.2) is 60.8 Å². The molecular weight excluding hydrogens is 756 g/mol. The van der Waals surface area contributed by atoms with E-state index in [0.717, 1.165) is 44.9 Å². The Hall–Kier alpha value is -1.80. The second kappa shape index (κ2) is 41.5. The van der Waals surface area contributed by atoms with Crippen LogP contribution in [-0.4, -0.2) is 68.5 Å². The molecular formula is C50H93N2O6P. The van der Waals surface area contributed by atoms with E-state index in [4.69, 9.17) is 9.05 Å². The van der Waals surface area contributed by atoms with Gasteiger partial charge in [0.25, 0.3) is 7.82 Å². The van der Waals surface area contributed by atoms with Gasteiger partial charge in [-0.25, -0.2) is 0 Å². The van der Waals surface area contributed by atoms with E-state index in [1.165, 1.54) is 128 Å². The summed E-state index contributed by atoms with van der Waals surface area (Å²) in [5.74, 6) is -0.252. The first kappa shape index (κ1) is 57.2. The minimum absolute atomic E-state index is 0.0133. The number of carbonyl (C=O) groups excluding carboxylic acids is 1. The molecule has 2 N–H and O–H groups in total. The number of nitrogens with zero attached hydrogens (tertiary/aromatic N) is 1. The van der Waals surface area contributed by atoms with E-state index in [2.05, 4.69) is 67.8 Å². The zero-order valence-electron chi connectivity index (χ0n) is 38.9. The lowest BCUT2D eigenvalue weighted by atomic mass is 10.0. The van der Waals surface area contributed by atoms with Gasteiger partial charge in [0.2, 0.25) is 5.91 Å². The summed E-state index contributed by atoms with van der Waals surface area (Å²) in [6.45, 7) is 4.60. The third-order valence-electron chi connectivity index (χ3n) is 10.5. The highest BCUT2D eigenvalue weighted by molar-refractivity contribution is 7.45. The Morgan fingerprint density at radius 2 is 0.983 bits per heavy atom. The van der Waals surface area contributed by atoms with Crippen LogP contribution in [-0.2, 0) is 18.4 Å². The molecule has 8 nitrogen and oxygen atoms in total. The lowest BCUT2D eigenvalue weighted by molar-refractivity contribution is -0.870. The zero-order chi connectivity index (χ0) is 43.6. The maximum absolute atomic E-state index is 12.9. The molecule has 0 fully saturated rings. The van der Waals surface area contributed by atoms with Gasteiger partial charge in [0.05, 0.1) is 39.9 Å². The number of aliphatic hydroxyl groups is 1. The molecule has 0 aliphatic carbocycles. The number of allylic oxidation sites excluding steroid dienone is 9. The highest BCUT2D eigenvalue weighted by Gasteiger charge is 2.23. The van der Waals surface area contributed by atoms with Gasteiger partial charge in [-0.1, -0.05) is 197 Å². The fourth-order valence-corrected chi connectivity index (χ4v) is 7.34. The average Bonchev–Trinajstić information content (AvgIpc) is 3.19. The Labute approximate surface area is 364 Å². The SMILES string of the molecule is CCCCCCCCC/C=C/C/C=C/C/C=C/C/C=C/CCCC(=O)N[C@@H](COP(=O)([O-])OCC[N+](C)(C)C)[C@H](O)/C=C/CCCCCCCCCCCCCCCC. The number of rotatable bonds is 43. The smallest absolute Gasteiger partial charge is 0.268 e. The van der Waals surface area contributed by atoms with E-state index < -0.39 is 26.6 Å². The van der Waals surface area contributed by atoms with E-state index in [1.54, 1.807) is 6.08 Å². The number of phosphoric ester groups is 1. The Bertz CT molecular complexity index is 1140. The molecule has 0 saturated heterocycles. The second-order valence-corrected chi connectivity index (χ2v) is 18.9. The largest absolute Gasteiger partial charge is 0.756 e. The number of nitrogens with one attached hydrogen (secondary N) is 1. The molecule has 0 rings (SSSR count). The molecule has 1 unspecified atom stereocenters. The molecule has 0 heterocycles. The highest BCUT2D eigenvalue weighted by atomic mass is 31.2. The lowest BCUT2D eigenvalue weighted by Gasteiger charge is -2.29. The Morgan fingerprint density at radius 1 is 0.593 bits per heavy atom. The fraction of sp³-hybridized carbons (Fsp3) is 0.780. The molecule has 1 amide bonds. The standard InChI is InChI=1S/C50H93N2O6P/c1-6-8-10-12-14-16-18-20-22-24-25-26-27-28-30-32-34-36-38-40-42-44-50(54)51-48(47-58-59(55,56)57-46-45-52(3,4)5)49(53)43-41-39-37-35-33-31-29-23-21-19-17-15-13-11-9-7-2/h22,24,26-27,30,32,36,38,41,43,48-49,53H,6-21,23,25,28-29,31,33-35,37,39-40,42,44-47H2,1-5H3,(H-,51,54,55,56)/b24-22+,27-26+,32-30+,38-36+,43-41+/t48-,49+/m0/s1. The monoisotopic (exact) mass is 849 g/mol. The summed E-state index contributed by atoms with van der Waals surface area (Å²) in [5, 5.41) is 13.8. The van der Waals surface area contributed by atoms with Crippen molar-refractivity contribution in [2.24, 2.45) is 0 Å². The molecule has 0 aliphatic heterocycles. The Balaban J connectivity index is 4.48. The van der Waals surface area contributed by atoms with Gasteiger partial charge in [0.15, 0.2) is 0 Å². The molecule has 0 aliphatic rings. The summed E-state index contributed by atoms with van der Waals surface area (Å²) < 4.78 is 23.2. The van der Waals surface area contributed by atoms with Crippen LogP contribution in [0.2, 0.25) is 0 Å². The van der Waals surface area contributed by atoms with Crippen molar-refractivity contribution >= 4 is 13.7 Å². The average molecular weight is 849 g/mol. The van der Waals surface area contributed by atoms with E-state index in [0.29, 0.717) is 17.4 Å². The van der Waals surface area contributed by atoms with Gasteiger partial charge in [-0.3, -0.25) is 9.36 Å². The molecule has 0 aromatic carbocycles. The number of quaternary nitrogens is 1. The first-order valence-electron chi connectivity index (χ1n) is 24.2. The molecule has 344 valence electrons. The van der Waals surface area contributed by atoms with Crippen LogP contribution in [0.5, 0.6) is 0 Å².